The third-order valence-electron chi connectivity index (χ3n) is 3.97. The molecule has 2 atom stereocenters. The number of carbonyl (C=O) groups is 1. The second kappa shape index (κ2) is 8.41. The molecule has 0 aromatic rings. The molecule has 1 aliphatic rings. The van der Waals surface area contributed by atoms with Crippen molar-refractivity contribution in [2.24, 2.45) is 17.6 Å². The van der Waals surface area contributed by atoms with Crippen molar-refractivity contribution in [3.8, 4) is 0 Å². The van der Waals surface area contributed by atoms with Gasteiger partial charge in [0, 0.05) is 19.1 Å². The van der Waals surface area contributed by atoms with Crippen molar-refractivity contribution < 1.29 is 4.79 Å². The van der Waals surface area contributed by atoms with Crippen LogP contribution in [0.2, 0.25) is 0 Å². The molecule has 4 heteroatoms. The van der Waals surface area contributed by atoms with Gasteiger partial charge in [0.25, 0.3) is 0 Å². The van der Waals surface area contributed by atoms with Crippen LogP contribution in [0, 0.1) is 11.8 Å². The molecule has 0 saturated carbocycles. The molecule has 112 valence electrons. The van der Waals surface area contributed by atoms with Crippen LogP contribution in [0.3, 0.4) is 0 Å². The lowest BCUT2D eigenvalue weighted by molar-refractivity contribution is 0.147. The fourth-order valence-corrected chi connectivity index (χ4v) is 2.81. The van der Waals surface area contributed by atoms with Gasteiger partial charge in [0.15, 0.2) is 0 Å². The zero-order valence-corrected chi connectivity index (χ0v) is 12.8. The second-order valence-corrected chi connectivity index (χ2v) is 6.32. The maximum Gasteiger partial charge on any atom is 0.314 e. The van der Waals surface area contributed by atoms with Crippen LogP contribution in [0.25, 0.3) is 0 Å². The SMILES string of the molecule is CCCCC1CC(NCCC(C)C)CN(C(N)=O)C1. The highest BCUT2D eigenvalue weighted by atomic mass is 16.2. The normalized spacial score (nSPS) is 23.9. The van der Waals surface area contributed by atoms with E-state index in [-0.39, 0.29) is 6.03 Å². The van der Waals surface area contributed by atoms with Gasteiger partial charge in [0.05, 0.1) is 0 Å². The van der Waals surface area contributed by atoms with Crippen LogP contribution in [-0.4, -0.2) is 36.6 Å². The fraction of sp³-hybridized carbons (Fsp3) is 0.933. The molecule has 0 radical (unpaired) electrons. The predicted molar refractivity (Wildman–Crippen MR) is 80.0 cm³/mol. The average Bonchev–Trinajstić information content (AvgIpc) is 2.35. The molecule has 2 unspecified atom stereocenters. The molecule has 1 saturated heterocycles. The number of likely N-dealkylation sites (tertiary alicyclic amines) is 1. The first kappa shape index (κ1) is 16.3. The molecule has 0 aromatic heterocycles. The number of urea groups is 1. The van der Waals surface area contributed by atoms with E-state index in [0.717, 1.165) is 25.6 Å². The lowest BCUT2D eigenvalue weighted by Crippen LogP contribution is -2.53. The van der Waals surface area contributed by atoms with Crippen molar-refractivity contribution in [1.29, 1.82) is 0 Å². The number of rotatable bonds is 7. The van der Waals surface area contributed by atoms with Gasteiger partial charge in [-0.2, -0.15) is 0 Å². The maximum atomic E-state index is 11.4. The molecule has 1 fully saturated rings. The lowest BCUT2D eigenvalue weighted by atomic mass is 9.90. The third-order valence-corrected chi connectivity index (χ3v) is 3.97. The molecule has 0 bridgehead atoms. The van der Waals surface area contributed by atoms with Crippen molar-refractivity contribution in [1.82, 2.24) is 10.2 Å². The summed E-state index contributed by atoms with van der Waals surface area (Å²) < 4.78 is 0. The van der Waals surface area contributed by atoms with E-state index < -0.39 is 0 Å². The number of primary amides is 1. The molecular weight excluding hydrogens is 238 g/mol. The summed E-state index contributed by atoms with van der Waals surface area (Å²) in [6, 6.07) is 0.152. The van der Waals surface area contributed by atoms with Crippen molar-refractivity contribution in [2.75, 3.05) is 19.6 Å². The minimum absolute atomic E-state index is 0.267. The molecular formula is C15H31N3O. The Bertz CT molecular complexity index is 268. The van der Waals surface area contributed by atoms with Gasteiger partial charge >= 0.3 is 6.03 Å². The first-order chi connectivity index (χ1) is 9.02. The molecule has 3 N–H and O–H groups in total. The summed E-state index contributed by atoms with van der Waals surface area (Å²) >= 11 is 0. The van der Waals surface area contributed by atoms with Crippen LogP contribution in [0.15, 0.2) is 0 Å². The number of nitrogens with zero attached hydrogens (tertiary/aromatic N) is 1. The van der Waals surface area contributed by atoms with E-state index in [0.29, 0.717) is 12.0 Å². The lowest BCUT2D eigenvalue weighted by Gasteiger charge is -2.37. The molecule has 0 aromatic carbocycles. The molecule has 4 nitrogen and oxygen atoms in total. The average molecular weight is 269 g/mol. The number of hydrogen-bond donors (Lipinski definition) is 2. The Morgan fingerprint density at radius 2 is 2.16 bits per heavy atom. The highest BCUT2D eigenvalue weighted by Gasteiger charge is 2.28. The highest BCUT2D eigenvalue weighted by molar-refractivity contribution is 5.72. The fourth-order valence-electron chi connectivity index (χ4n) is 2.81. The summed E-state index contributed by atoms with van der Waals surface area (Å²) in [6.45, 7) is 9.35. The molecule has 0 spiro atoms. The number of hydrogen-bond acceptors (Lipinski definition) is 2. The van der Waals surface area contributed by atoms with E-state index in [2.05, 4.69) is 26.1 Å². The Morgan fingerprint density at radius 3 is 2.74 bits per heavy atom. The Labute approximate surface area is 118 Å². The van der Waals surface area contributed by atoms with Gasteiger partial charge in [0.2, 0.25) is 0 Å². The molecule has 2 amide bonds. The summed E-state index contributed by atoms with van der Waals surface area (Å²) in [5.74, 6) is 1.33. The van der Waals surface area contributed by atoms with E-state index in [4.69, 9.17) is 5.73 Å². The largest absolute Gasteiger partial charge is 0.351 e. The first-order valence-electron chi connectivity index (χ1n) is 7.80. The quantitative estimate of drug-likeness (QED) is 0.746. The number of carbonyl (C=O) groups excluding carboxylic acids is 1. The third kappa shape index (κ3) is 6.28. The highest BCUT2D eigenvalue weighted by Crippen LogP contribution is 2.22. The number of piperidine rings is 1. The van der Waals surface area contributed by atoms with E-state index in [1.165, 1.54) is 32.1 Å². The summed E-state index contributed by atoms with van der Waals surface area (Å²) in [5.41, 5.74) is 5.46. The Kier molecular flexibility index (Phi) is 7.21. The summed E-state index contributed by atoms with van der Waals surface area (Å²) in [4.78, 5) is 13.2. The number of nitrogens with one attached hydrogen (secondary N) is 1. The van der Waals surface area contributed by atoms with Crippen LogP contribution >= 0.6 is 0 Å². The zero-order valence-electron chi connectivity index (χ0n) is 12.8. The minimum atomic E-state index is -0.267. The Morgan fingerprint density at radius 1 is 1.42 bits per heavy atom. The van der Waals surface area contributed by atoms with E-state index >= 15 is 0 Å². The van der Waals surface area contributed by atoms with Crippen molar-refractivity contribution in [2.45, 2.75) is 58.9 Å². The van der Waals surface area contributed by atoms with Crippen molar-refractivity contribution in [3.05, 3.63) is 0 Å². The smallest absolute Gasteiger partial charge is 0.314 e. The van der Waals surface area contributed by atoms with Gasteiger partial charge in [-0.25, -0.2) is 4.79 Å². The molecule has 0 aliphatic carbocycles. The minimum Gasteiger partial charge on any atom is -0.351 e. The molecule has 19 heavy (non-hydrogen) atoms. The number of unbranched alkanes of at least 4 members (excludes halogenated alkanes) is 1. The summed E-state index contributed by atoms with van der Waals surface area (Å²) in [5, 5.41) is 3.59. The zero-order chi connectivity index (χ0) is 14.3. The van der Waals surface area contributed by atoms with E-state index in [1.807, 2.05) is 4.90 Å². The van der Waals surface area contributed by atoms with Gasteiger partial charge in [-0.1, -0.05) is 33.6 Å². The molecule has 1 rings (SSSR count). The van der Waals surface area contributed by atoms with E-state index in [1.54, 1.807) is 0 Å². The molecule has 1 aliphatic heterocycles. The summed E-state index contributed by atoms with van der Waals surface area (Å²) in [6.07, 6.45) is 6.05. The topological polar surface area (TPSA) is 58.4 Å². The maximum absolute atomic E-state index is 11.4. The first-order valence-corrected chi connectivity index (χ1v) is 7.80. The molecule has 1 heterocycles. The van der Waals surface area contributed by atoms with Gasteiger partial charge in [0.1, 0.15) is 0 Å². The van der Waals surface area contributed by atoms with Gasteiger partial charge in [-0.3, -0.25) is 0 Å². The van der Waals surface area contributed by atoms with Crippen LogP contribution in [0.1, 0.15) is 52.9 Å². The Balaban J connectivity index is 2.42. The summed E-state index contributed by atoms with van der Waals surface area (Å²) in [7, 11) is 0. The van der Waals surface area contributed by atoms with Gasteiger partial charge in [-0.15, -0.1) is 0 Å². The predicted octanol–water partition coefficient (Wildman–Crippen LogP) is 2.58. The number of nitrogens with two attached hydrogens (primary N) is 1. The van der Waals surface area contributed by atoms with Crippen LogP contribution < -0.4 is 11.1 Å². The second-order valence-electron chi connectivity index (χ2n) is 6.32. The van der Waals surface area contributed by atoms with Gasteiger partial charge < -0.3 is 16.0 Å². The monoisotopic (exact) mass is 269 g/mol. The van der Waals surface area contributed by atoms with Crippen LogP contribution in [-0.2, 0) is 0 Å². The van der Waals surface area contributed by atoms with Gasteiger partial charge in [-0.05, 0) is 37.6 Å². The van der Waals surface area contributed by atoms with E-state index in [9.17, 15) is 4.79 Å². The van der Waals surface area contributed by atoms with Crippen molar-refractivity contribution in [3.63, 3.8) is 0 Å². The Hall–Kier alpha value is -0.770. The van der Waals surface area contributed by atoms with Crippen molar-refractivity contribution >= 4 is 6.03 Å². The number of amides is 2. The standard InChI is InChI=1S/C15H31N3O/c1-4-5-6-13-9-14(17-8-7-12(2)3)11-18(10-13)15(16)19/h12-14,17H,4-11H2,1-3H3,(H2,16,19). The van der Waals surface area contributed by atoms with Crippen LogP contribution in [0.5, 0.6) is 0 Å². The van der Waals surface area contributed by atoms with Crippen LogP contribution in [0.4, 0.5) is 4.79 Å².